The highest BCUT2D eigenvalue weighted by atomic mass is 32.1. The minimum absolute atomic E-state index is 0.200. The highest BCUT2D eigenvalue weighted by Crippen LogP contribution is 2.19. The molecule has 0 aliphatic carbocycles. The first-order valence-electron chi connectivity index (χ1n) is 7.10. The van der Waals surface area contributed by atoms with Crippen molar-refractivity contribution < 1.29 is 14.3 Å². The molecule has 3 aromatic rings. The number of amides is 1. The Hall–Kier alpha value is -2.73. The fourth-order valence-electron chi connectivity index (χ4n) is 2.13. The first kappa shape index (κ1) is 15.2. The van der Waals surface area contributed by atoms with Crippen molar-refractivity contribution >= 4 is 39.1 Å². The molecule has 0 radical (unpaired) electrons. The molecule has 1 N–H and O–H groups in total. The van der Waals surface area contributed by atoms with E-state index in [0.29, 0.717) is 10.7 Å². The number of hydrogen-bond donors (Lipinski definition) is 1. The van der Waals surface area contributed by atoms with Crippen LogP contribution in [0.3, 0.4) is 0 Å². The van der Waals surface area contributed by atoms with Crippen molar-refractivity contribution in [3.8, 4) is 0 Å². The van der Waals surface area contributed by atoms with E-state index in [0.717, 1.165) is 10.8 Å². The number of carbonyl (C=O) groups excluding carboxylic acids is 2. The first-order chi connectivity index (χ1) is 11.2. The normalized spacial score (nSPS) is 10.5. The number of carbonyl (C=O) groups is 2. The summed E-state index contributed by atoms with van der Waals surface area (Å²) in [6, 6.07) is 13.3. The Labute approximate surface area is 136 Å². The van der Waals surface area contributed by atoms with Crippen LogP contribution in [-0.2, 0) is 4.74 Å². The number of thiazole rings is 1. The summed E-state index contributed by atoms with van der Waals surface area (Å²) >= 11 is 1.19. The molecule has 2 aromatic carbocycles. The van der Waals surface area contributed by atoms with Crippen LogP contribution in [0.2, 0.25) is 0 Å². The number of nitrogens with one attached hydrogen (secondary N) is 1. The number of hydrogen-bond acceptors (Lipinski definition) is 5. The predicted molar refractivity (Wildman–Crippen MR) is 90.0 cm³/mol. The van der Waals surface area contributed by atoms with Gasteiger partial charge in [-0.25, -0.2) is 9.78 Å². The van der Waals surface area contributed by atoms with E-state index >= 15 is 0 Å². The average Bonchev–Trinajstić information content (AvgIpc) is 3.03. The van der Waals surface area contributed by atoms with E-state index in [1.807, 2.05) is 36.4 Å². The topological polar surface area (TPSA) is 68.3 Å². The molecule has 0 aliphatic heterocycles. The van der Waals surface area contributed by atoms with Gasteiger partial charge < -0.3 is 4.74 Å². The lowest BCUT2D eigenvalue weighted by Crippen LogP contribution is -2.12. The maximum Gasteiger partial charge on any atom is 0.357 e. The van der Waals surface area contributed by atoms with Crippen LogP contribution in [0.15, 0.2) is 47.8 Å². The highest BCUT2D eigenvalue weighted by Gasteiger charge is 2.14. The van der Waals surface area contributed by atoms with Gasteiger partial charge in [0.15, 0.2) is 10.8 Å². The second-order valence-electron chi connectivity index (χ2n) is 4.77. The van der Waals surface area contributed by atoms with Crippen molar-refractivity contribution in [2.75, 3.05) is 11.9 Å². The van der Waals surface area contributed by atoms with E-state index in [1.165, 1.54) is 11.3 Å². The van der Waals surface area contributed by atoms with Gasteiger partial charge in [0.05, 0.1) is 6.61 Å². The van der Waals surface area contributed by atoms with Gasteiger partial charge in [-0.15, -0.1) is 11.3 Å². The van der Waals surface area contributed by atoms with Gasteiger partial charge in [-0.1, -0.05) is 30.3 Å². The van der Waals surface area contributed by atoms with Crippen LogP contribution in [0.4, 0.5) is 5.13 Å². The van der Waals surface area contributed by atoms with Crippen LogP contribution in [0.5, 0.6) is 0 Å². The first-order valence-corrected chi connectivity index (χ1v) is 7.98. The molecule has 116 valence electrons. The monoisotopic (exact) mass is 326 g/mol. The Morgan fingerprint density at radius 3 is 2.74 bits per heavy atom. The van der Waals surface area contributed by atoms with E-state index in [1.54, 1.807) is 18.4 Å². The maximum atomic E-state index is 12.3. The Bertz CT molecular complexity index is 873. The van der Waals surface area contributed by atoms with Gasteiger partial charge in [-0.3, -0.25) is 10.1 Å². The lowest BCUT2D eigenvalue weighted by atomic mass is 10.1. The summed E-state index contributed by atoms with van der Waals surface area (Å²) in [6.07, 6.45) is 0. The Balaban J connectivity index is 1.76. The number of anilines is 1. The fraction of sp³-hybridized carbons (Fsp3) is 0.118. The van der Waals surface area contributed by atoms with Crippen molar-refractivity contribution in [1.29, 1.82) is 0 Å². The third-order valence-electron chi connectivity index (χ3n) is 3.22. The fourth-order valence-corrected chi connectivity index (χ4v) is 2.80. The quantitative estimate of drug-likeness (QED) is 0.742. The maximum absolute atomic E-state index is 12.3. The van der Waals surface area contributed by atoms with Gasteiger partial charge in [0.1, 0.15) is 0 Å². The smallest absolute Gasteiger partial charge is 0.357 e. The lowest BCUT2D eigenvalue weighted by molar-refractivity contribution is 0.0520. The predicted octanol–water partition coefficient (Wildman–Crippen LogP) is 3.73. The zero-order chi connectivity index (χ0) is 16.2. The van der Waals surface area contributed by atoms with Crippen LogP contribution < -0.4 is 5.32 Å². The van der Waals surface area contributed by atoms with Crippen molar-refractivity contribution in [3.63, 3.8) is 0 Å². The Kier molecular flexibility index (Phi) is 4.34. The molecule has 1 amide bonds. The second kappa shape index (κ2) is 6.58. The summed E-state index contributed by atoms with van der Waals surface area (Å²) in [5.74, 6) is -0.754. The highest BCUT2D eigenvalue weighted by molar-refractivity contribution is 7.14. The van der Waals surface area contributed by atoms with E-state index in [4.69, 9.17) is 4.74 Å². The number of benzene rings is 2. The lowest BCUT2D eigenvalue weighted by Gasteiger charge is -2.03. The molecule has 1 aromatic heterocycles. The molecular formula is C17H14N2O3S. The summed E-state index contributed by atoms with van der Waals surface area (Å²) in [5.41, 5.74) is 0.738. The molecule has 0 fully saturated rings. The molecule has 0 saturated carbocycles. The largest absolute Gasteiger partial charge is 0.461 e. The minimum atomic E-state index is -0.491. The number of rotatable bonds is 4. The number of esters is 1. The van der Waals surface area contributed by atoms with Gasteiger partial charge in [-0.05, 0) is 29.8 Å². The van der Waals surface area contributed by atoms with Crippen LogP contribution in [0.1, 0.15) is 27.8 Å². The molecule has 0 saturated heterocycles. The van der Waals surface area contributed by atoms with E-state index < -0.39 is 5.97 Å². The SMILES string of the molecule is CCOC(=O)c1csc(NC(=O)c2ccc3ccccc3c2)n1. The number of nitrogens with zero attached hydrogens (tertiary/aromatic N) is 1. The summed E-state index contributed by atoms with van der Waals surface area (Å²) in [5, 5.41) is 6.70. The zero-order valence-electron chi connectivity index (χ0n) is 12.4. The molecule has 0 spiro atoms. The van der Waals surface area contributed by atoms with Crippen LogP contribution in [0.25, 0.3) is 10.8 Å². The molecule has 23 heavy (non-hydrogen) atoms. The van der Waals surface area contributed by atoms with Crippen LogP contribution >= 0.6 is 11.3 Å². The third kappa shape index (κ3) is 3.37. The molecule has 3 rings (SSSR count). The molecule has 0 unspecified atom stereocenters. The molecule has 5 nitrogen and oxygen atoms in total. The van der Waals surface area contributed by atoms with Gasteiger partial charge in [0.25, 0.3) is 5.91 Å². The summed E-state index contributed by atoms with van der Waals surface area (Å²) < 4.78 is 4.87. The van der Waals surface area contributed by atoms with E-state index in [9.17, 15) is 9.59 Å². The number of ether oxygens (including phenoxy) is 1. The molecular weight excluding hydrogens is 312 g/mol. The minimum Gasteiger partial charge on any atom is -0.461 e. The Morgan fingerprint density at radius 2 is 1.96 bits per heavy atom. The molecule has 6 heteroatoms. The number of fused-ring (bicyclic) bond motifs is 1. The number of aromatic nitrogens is 1. The van der Waals surface area contributed by atoms with Gasteiger partial charge in [0, 0.05) is 10.9 Å². The van der Waals surface area contributed by atoms with E-state index in [2.05, 4.69) is 10.3 Å². The second-order valence-corrected chi connectivity index (χ2v) is 5.63. The van der Waals surface area contributed by atoms with Crippen molar-refractivity contribution in [3.05, 3.63) is 59.1 Å². The summed E-state index contributed by atoms with van der Waals surface area (Å²) in [6.45, 7) is 2.02. The zero-order valence-corrected chi connectivity index (χ0v) is 13.2. The van der Waals surface area contributed by atoms with Gasteiger partial charge in [-0.2, -0.15) is 0 Å². The van der Waals surface area contributed by atoms with Crippen LogP contribution in [0, 0.1) is 0 Å². The molecule has 0 atom stereocenters. The Morgan fingerprint density at radius 1 is 1.17 bits per heavy atom. The van der Waals surface area contributed by atoms with Crippen molar-refractivity contribution in [2.45, 2.75) is 6.92 Å². The van der Waals surface area contributed by atoms with E-state index in [-0.39, 0.29) is 18.2 Å². The van der Waals surface area contributed by atoms with Crippen molar-refractivity contribution in [2.24, 2.45) is 0 Å². The summed E-state index contributed by atoms with van der Waals surface area (Å²) in [7, 11) is 0. The average molecular weight is 326 g/mol. The molecule has 0 aliphatic rings. The standard InChI is InChI=1S/C17H14N2O3S/c1-2-22-16(21)14-10-23-17(18-14)19-15(20)13-8-7-11-5-3-4-6-12(11)9-13/h3-10H,2H2,1H3,(H,18,19,20). The molecule has 0 bridgehead atoms. The van der Waals surface area contributed by atoms with Crippen molar-refractivity contribution in [1.82, 2.24) is 4.98 Å². The van der Waals surface area contributed by atoms with Crippen LogP contribution in [-0.4, -0.2) is 23.5 Å². The van der Waals surface area contributed by atoms with Gasteiger partial charge in [0.2, 0.25) is 0 Å². The molecule has 1 heterocycles. The third-order valence-corrected chi connectivity index (χ3v) is 3.98. The summed E-state index contributed by atoms with van der Waals surface area (Å²) in [4.78, 5) is 27.9. The van der Waals surface area contributed by atoms with Gasteiger partial charge >= 0.3 is 5.97 Å².